The number of aromatic nitrogens is 2. The molecule has 6 nitrogen and oxygen atoms in total. The highest BCUT2D eigenvalue weighted by Gasteiger charge is 2.26. The van der Waals surface area contributed by atoms with Gasteiger partial charge in [0, 0.05) is 36.4 Å². The topological polar surface area (TPSA) is 59.4 Å². The molecule has 1 amide bonds. The molecule has 2 aromatic heterocycles. The minimum atomic E-state index is 0.184. The quantitative estimate of drug-likeness (QED) is 0.834. The standard InChI is InChI=1S/C20H28N4O2/c1-13-10-22-20-19(14(13)2)15(3)17-11-23(7-8-24(17)20)18(25)5-9-26-12-16-4-6-21-16/h10,16,21H,4-9,11-12H2,1-3H3. The minimum Gasteiger partial charge on any atom is -0.379 e. The molecule has 1 atom stereocenters. The minimum absolute atomic E-state index is 0.184. The van der Waals surface area contributed by atoms with Gasteiger partial charge in [-0.1, -0.05) is 0 Å². The van der Waals surface area contributed by atoms with Crippen LogP contribution in [0.15, 0.2) is 6.20 Å². The smallest absolute Gasteiger partial charge is 0.225 e. The number of aryl methyl sites for hydroxylation is 3. The van der Waals surface area contributed by atoms with E-state index in [1.54, 1.807) is 0 Å². The summed E-state index contributed by atoms with van der Waals surface area (Å²) in [5, 5.41) is 4.56. The molecule has 2 aliphatic rings. The van der Waals surface area contributed by atoms with Gasteiger partial charge in [0.1, 0.15) is 5.65 Å². The third kappa shape index (κ3) is 3.01. The van der Waals surface area contributed by atoms with E-state index >= 15 is 0 Å². The lowest BCUT2D eigenvalue weighted by Crippen LogP contribution is -2.46. The molecule has 26 heavy (non-hydrogen) atoms. The van der Waals surface area contributed by atoms with Gasteiger partial charge in [-0.3, -0.25) is 4.79 Å². The summed E-state index contributed by atoms with van der Waals surface area (Å²) in [7, 11) is 0. The van der Waals surface area contributed by atoms with Crippen molar-refractivity contribution in [2.75, 3.05) is 26.3 Å². The van der Waals surface area contributed by atoms with Gasteiger partial charge in [0.2, 0.25) is 5.91 Å². The lowest BCUT2D eigenvalue weighted by molar-refractivity contribution is -0.133. The molecule has 0 spiro atoms. The van der Waals surface area contributed by atoms with E-state index in [0.717, 1.165) is 25.3 Å². The zero-order valence-corrected chi connectivity index (χ0v) is 16.0. The molecule has 0 saturated carbocycles. The molecular weight excluding hydrogens is 328 g/mol. The largest absolute Gasteiger partial charge is 0.379 e. The SMILES string of the molecule is Cc1cnc2c(c1C)c(C)c1n2CCN(C(=O)CCOCC2CCN2)C1. The summed E-state index contributed by atoms with van der Waals surface area (Å²) < 4.78 is 7.94. The molecule has 4 rings (SSSR count). The van der Waals surface area contributed by atoms with Gasteiger partial charge < -0.3 is 19.5 Å². The summed E-state index contributed by atoms with van der Waals surface area (Å²) in [4.78, 5) is 19.2. The number of rotatable bonds is 5. The van der Waals surface area contributed by atoms with Gasteiger partial charge in [-0.25, -0.2) is 4.98 Å². The maximum atomic E-state index is 12.6. The third-order valence-corrected chi connectivity index (χ3v) is 5.95. The van der Waals surface area contributed by atoms with Crippen molar-refractivity contribution in [2.45, 2.75) is 52.7 Å². The Labute approximate surface area is 154 Å². The summed E-state index contributed by atoms with van der Waals surface area (Å²) >= 11 is 0. The van der Waals surface area contributed by atoms with Gasteiger partial charge in [-0.15, -0.1) is 0 Å². The Bertz CT molecular complexity index is 838. The van der Waals surface area contributed by atoms with Gasteiger partial charge in [-0.2, -0.15) is 0 Å². The number of pyridine rings is 1. The average Bonchev–Trinajstić information content (AvgIpc) is 2.89. The number of amides is 1. The van der Waals surface area contributed by atoms with Crippen LogP contribution >= 0.6 is 0 Å². The molecule has 1 N–H and O–H groups in total. The van der Waals surface area contributed by atoms with Gasteiger partial charge >= 0.3 is 0 Å². The van der Waals surface area contributed by atoms with E-state index in [1.165, 1.54) is 34.2 Å². The van der Waals surface area contributed by atoms with Crippen LogP contribution in [0.1, 0.15) is 35.2 Å². The second-order valence-electron chi connectivity index (χ2n) is 7.57. The molecule has 0 aromatic carbocycles. The Kier molecular flexibility index (Phi) is 4.71. The van der Waals surface area contributed by atoms with Crippen molar-refractivity contribution in [3.8, 4) is 0 Å². The van der Waals surface area contributed by atoms with Gasteiger partial charge in [0.15, 0.2) is 0 Å². The zero-order valence-electron chi connectivity index (χ0n) is 16.0. The van der Waals surface area contributed by atoms with Crippen molar-refractivity contribution in [3.05, 3.63) is 28.6 Å². The first-order chi connectivity index (χ1) is 12.6. The molecule has 1 fully saturated rings. The summed E-state index contributed by atoms with van der Waals surface area (Å²) in [6.45, 7) is 11.0. The van der Waals surface area contributed by atoms with Crippen LogP contribution in [0, 0.1) is 20.8 Å². The molecule has 0 aliphatic carbocycles. The monoisotopic (exact) mass is 356 g/mol. The zero-order chi connectivity index (χ0) is 18.3. The number of carbonyl (C=O) groups is 1. The number of nitrogens with zero attached hydrogens (tertiary/aromatic N) is 3. The number of nitrogens with one attached hydrogen (secondary N) is 1. The first-order valence-electron chi connectivity index (χ1n) is 9.59. The second-order valence-corrected chi connectivity index (χ2v) is 7.57. The average molecular weight is 356 g/mol. The molecule has 140 valence electrons. The van der Waals surface area contributed by atoms with Crippen molar-refractivity contribution < 1.29 is 9.53 Å². The van der Waals surface area contributed by atoms with Crippen LogP contribution in [0.2, 0.25) is 0 Å². The fourth-order valence-corrected chi connectivity index (χ4v) is 3.98. The molecule has 6 heteroatoms. The van der Waals surface area contributed by atoms with E-state index < -0.39 is 0 Å². The van der Waals surface area contributed by atoms with Crippen LogP contribution in [0.5, 0.6) is 0 Å². The van der Waals surface area contributed by atoms with Crippen molar-refractivity contribution in [2.24, 2.45) is 0 Å². The Morgan fingerprint density at radius 3 is 2.85 bits per heavy atom. The van der Waals surface area contributed by atoms with Crippen LogP contribution in [0.4, 0.5) is 0 Å². The second kappa shape index (κ2) is 7.00. The highest BCUT2D eigenvalue weighted by molar-refractivity contribution is 5.86. The summed E-state index contributed by atoms with van der Waals surface area (Å²) in [5.41, 5.74) is 6.06. The number of hydrogen-bond donors (Lipinski definition) is 1. The van der Waals surface area contributed by atoms with Gasteiger partial charge in [0.05, 0.1) is 26.2 Å². The summed E-state index contributed by atoms with van der Waals surface area (Å²) in [5.74, 6) is 0.184. The van der Waals surface area contributed by atoms with E-state index in [0.29, 0.717) is 32.2 Å². The number of fused-ring (bicyclic) bond motifs is 3. The highest BCUT2D eigenvalue weighted by atomic mass is 16.5. The maximum absolute atomic E-state index is 12.6. The Morgan fingerprint density at radius 1 is 1.31 bits per heavy atom. The third-order valence-electron chi connectivity index (χ3n) is 5.95. The van der Waals surface area contributed by atoms with Crippen LogP contribution in [-0.2, 0) is 22.6 Å². The van der Waals surface area contributed by atoms with Crippen molar-refractivity contribution in [1.82, 2.24) is 19.8 Å². The van der Waals surface area contributed by atoms with E-state index in [-0.39, 0.29) is 5.91 Å². The molecular formula is C20H28N4O2. The summed E-state index contributed by atoms with van der Waals surface area (Å²) in [6, 6.07) is 0.484. The van der Waals surface area contributed by atoms with Crippen molar-refractivity contribution in [1.29, 1.82) is 0 Å². The highest BCUT2D eigenvalue weighted by Crippen LogP contribution is 2.31. The first-order valence-corrected chi connectivity index (χ1v) is 9.59. The van der Waals surface area contributed by atoms with E-state index in [9.17, 15) is 4.79 Å². The first kappa shape index (κ1) is 17.5. The molecule has 0 radical (unpaired) electrons. The van der Waals surface area contributed by atoms with E-state index in [4.69, 9.17) is 4.74 Å². The Morgan fingerprint density at radius 2 is 2.12 bits per heavy atom. The fraction of sp³-hybridized carbons (Fsp3) is 0.600. The van der Waals surface area contributed by atoms with Crippen molar-refractivity contribution >= 4 is 16.9 Å². The normalized spacial score (nSPS) is 19.5. The van der Waals surface area contributed by atoms with Crippen LogP contribution in [-0.4, -0.2) is 52.7 Å². The predicted octanol–water partition coefficient (Wildman–Crippen LogP) is 2.07. The molecule has 1 unspecified atom stereocenters. The van der Waals surface area contributed by atoms with Crippen molar-refractivity contribution in [3.63, 3.8) is 0 Å². The van der Waals surface area contributed by atoms with Crippen LogP contribution < -0.4 is 5.32 Å². The molecule has 2 aromatic rings. The lowest BCUT2D eigenvalue weighted by Gasteiger charge is -2.30. The molecule has 2 aliphatic heterocycles. The molecule has 1 saturated heterocycles. The number of hydrogen-bond acceptors (Lipinski definition) is 4. The number of ether oxygens (including phenoxy) is 1. The maximum Gasteiger partial charge on any atom is 0.225 e. The van der Waals surface area contributed by atoms with Crippen LogP contribution in [0.25, 0.3) is 11.0 Å². The Hall–Kier alpha value is -1.92. The lowest BCUT2D eigenvalue weighted by atomic mass is 10.1. The Balaban J connectivity index is 1.43. The van der Waals surface area contributed by atoms with E-state index in [2.05, 4.69) is 35.6 Å². The van der Waals surface area contributed by atoms with Gasteiger partial charge in [0.25, 0.3) is 0 Å². The fourth-order valence-electron chi connectivity index (χ4n) is 3.98. The predicted molar refractivity (Wildman–Crippen MR) is 101 cm³/mol. The molecule has 4 heterocycles. The van der Waals surface area contributed by atoms with E-state index in [1.807, 2.05) is 11.1 Å². The summed E-state index contributed by atoms with van der Waals surface area (Å²) in [6.07, 6.45) is 3.59. The van der Waals surface area contributed by atoms with Gasteiger partial charge in [-0.05, 0) is 50.4 Å². The molecule has 0 bridgehead atoms. The number of carbonyl (C=O) groups excluding carboxylic acids is 1. The van der Waals surface area contributed by atoms with Crippen LogP contribution in [0.3, 0.4) is 0 Å².